The van der Waals surface area contributed by atoms with Gasteiger partial charge in [0.05, 0.1) is 12.7 Å². The topological polar surface area (TPSA) is 94.5 Å². The van der Waals surface area contributed by atoms with Crippen LogP contribution in [0, 0.1) is 5.82 Å². The molecule has 5 rings (SSSR count). The van der Waals surface area contributed by atoms with Crippen molar-refractivity contribution < 1.29 is 13.3 Å². The first-order chi connectivity index (χ1) is 13.5. The van der Waals surface area contributed by atoms with Gasteiger partial charge in [0.2, 0.25) is 5.88 Å². The van der Waals surface area contributed by atoms with Gasteiger partial charge in [-0.2, -0.15) is 9.46 Å². The first-order valence-electron chi connectivity index (χ1n) is 9.77. The number of rotatable bonds is 4. The van der Waals surface area contributed by atoms with Crippen molar-refractivity contribution in [3.05, 3.63) is 34.3 Å². The Morgan fingerprint density at radius 2 is 1.93 bits per heavy atom. The Bertz CT molecular complexity index is 1050. The van der Waals surface area contributed by atoms with E-state index in [4.69, 9.17) is 9.88 Å². The van der Waals surface area contributed by atoms with E-state index in [2.05, 4.69) is 14.8 Å². The number of nitrogens with two attached hydrogens (primary N) is 1. The molecule has 1 aliphatic heterocycles. The second-order valence-electron chi connectivity index (χ2n) is 7.77. The number of fused-ring (bicyclic) bond motifs is 3. The summed E-state index contributed by atoms with van der Waals surface area (Å²) < 4.78 is 39.4. The smallest absolute Gasteiger partial charge is 0.231 e. The van der Waals surface area contributed by atoms with Crippen molar-refractivity contribution in [2.24, 2.45) is 9.50 Å². The fourth-order valence-electron chi connectivity index (χ4n) is 4.66. The minimum atomic E-state index is -3.14. The predicted octanol–water partition coefficient (Wildman–Crippen LogP) is 2.55. The molecule has 2 aliphatic carbocycles. The third-order valence-electron chi connectivity index (χ3n) is 5.90. The Kier molecular flexibility index (Phi) is 4.13. The molecule has 0 spiro atoms. The largest absolute Gasteiger partial charge is 0.472 e. The van der Waals surface area contributed by atoms with Gasteiger partial charge >= 0.3 is 0 Å². The molecule has 28 heavy (non-hydrogen) atoms. The number of nitrogens with one attached hydrogen (secondary N) is 1. The summed E-state index contributed by atoms with van der Waals surface area (Å²) in [5, 5.41) is 13.5. The van der Waals surface area contributed by atoms with Crippen LogP contribution in [0.2, 0.25) is 0 Å². The van der Waals surface area contributed by atoms with Gasteiger partial charge in [0, 0.05) is 5.69 Å². The average molecular weight is 405 g/mol. The minimum absolute atomic E-state index is 0.00757. The van der Waals surface area contributed by atoms with Crippen molar-refractivity contribution in [2.75, 3.05) is 12.0 Å². The lowest BCUT2D eigenvalue weighted by Crippen LogP contribution is -2.17. The molecule has 2 atom stereocenters. The molecular weight excluding hydrogens is 381 g/mol. The molecule has 2 heterocycles. The normalized spacial score (nSPS) is 21.6. The Morgan fingerprint density at radius 1 is 1.29 bits per heavy atom. The van der Waals surface area contributed by atoms with Crippen LogP contribution >= 0.6 is 0 Å². The molecule has 150 valence electrons. The molecule has 2 aromatic rings. The molecule has 0 saturated heterocycles. The summed E-state index contributed by atoms with van der Waals surface area (Å²) in [6, 6.07) is 0. The fourth-order valence-corrected chi connectivity index (χ4v) is 5.65. The number of aromatic nitrogens is 2. The van der Waals surface area contributed by atoms with E-state index in [0.29, 0.717) is 17.3 Å². The van der Waals surface area contributed by atoms with Gasteiger partial charge in [-0.05, 0) is 67.7 Å². The summed E-state index contributed by atoms with van der Waals surface area (Å²) in [4.78, 5) is 0.327. The highest BCUT2D eigenvalue weighted by Gasteiger charge is 2.30. The van der Waals surface area contributed by atoms with E-state index in [-0.39, 0.29) is 18.6 Å². The fraction of sp³-hybridized carbons (Fsp3) is 0.526. The van der Waals surface area contributed by atoms with Crippen molar-refractivity contribution in [1.82, 2.24) is 9.78 Å². The monoisotopic (exact) mass is 405 g/mol. The summed E-state index contributed by atoms with van der Waals surface area (Å²) >= 11 is 0. The molecule has 0 bridgehead atoms. The second-order valence-corrected chi connectivity index (χ2v) is 9.60. The maximum atomic E-state index is 14.8. The standard InChI is InChI=1S/C19H24FN5O2S/c1-11-9-25-19(27-11)16(8-23-25)28(21,26)24-10-22-18-14-6-2-4-12(14)17(20)13-5-3-7-15(13)18/h8,11,22H,2-7,9-10H2,1H3,(H2,21,24,26)/t11-,28+/m1/s1. The third-order valence-corrected chi connectivity index (χ3v) is 7.32. The van der Waals surface area contributed by atoms with Gasteiger partial charge < -0.3 is 10.1 Å². The Hall–Kier alpha value is -2.13. The Labute approximate surface area is 163 Å². The van der Waals surface area contributed by atoms with Crippen molar-refractivity contribution in [3.8, 4) is 5.88 Å². The summed E-state index contributed by atoms with van der Waals surface area (Å²) in [6.45, 7) is 2.63. The van der Waals surface area contributed by atoms with Gasteiger partial charge in [-0.25, -0.2) is 18.4 Å². The van der Waals surface area contributed by atoms with Crippen LogP contribution in [0.15, 0.2) is 15.5 Å². The lowest BCUT2D eigenvalue weighted by molar-refractivity contribution is 0.248. The van der Waals surface area contributed by atoms with E-state index in [1.807, 2.05) is 6.92 Å². The van der Waals surface area contributed by atoms with Crippen molar-refractivity contribution >= 4 is 15.6 Å². The molecule has 3 aliphatic rings. The van der Waals surface area contributed by atoms with E-state index in [9.17, 15) is 8.60 Å². The van der Waals surface area contributed by atoms with E-state index >= 15 is 0 Å². The molecule has 0 saturated carbocycles. The summed E-state index contributed by atoms with van der Waals surface area (Å²) in [5.74, 6) is 0.430. The first kappa shape index (κ1) is 17.9. The number of benzene rings is 1. The minimum Gasteiger partial charge on any atom is -0.472 e. The Balaban J connectivity index is 1.44. The molecule has 3 N–H and O–H groups in total. The second kappa shape index (κ2) is 6.45. The van der Waals surface area contributed by atoms with Gasteiger partial charge in [-0.3, -0.25) is 0 Å². The lowest BCUT2D eigenvalue weighted by atomic mass is 9.98. The van der Waals surface area contributed by atoms with Crippen LogP contribution < -0.4 is 15.2 Å². The number of nitrogens with zero attached hydrogens (tertiary/aromatic N) is 3. The highest BCUT2D eigenvalue weighted by molar-refractivity contribution is 7.91. The molecule has 7 nitrogen and oxygen atoms in total. The molecule has 0 radical (unpaired) electrons. The van der Waals surface area contributed by atoms with Crippen LogP contribution in [0.4, 0.5) is 10.1 Å². The zero-order valence-corrected chi connectivity index (χ0v) is 16.6. The number of hydrogen-bond donors (Lipinski definition) is 2. The summed E-state index contributed by atoms with van der Waals surface area (Å²) in [6.07, 6.45) is 6.67. The number of ether oxygens (including phenoxy) is 1. The summed E-state index contributed by atoms with van der Waals surface area (Å²) in [5.41, 5.74) is 4.77. The number of halogens is 1. The van der Waals surface area contributed by atoms with E-state index in [0.717, 1.165) is 66.5 Å². The third kappa shape index (κ3) is 2.71. The number of hydrogen-bond acceptors (Lipinski definition) is 5. The molecule has 9 heteroatoms. The quantitative estimate of drug-likeness (QED) is 0.817. The van der Waals surface area contributed by atoms with E-state index < -0.39 is 9.92 Å². The van der Waals surface area contributed by atoms with Crippen LogP contribution in [-0.2, 0) is 42.1 Å². The van der Waals surface area contributed by atoms with Crippen molar-refractivity contribution in [2.45, 2.75) is 63.0 Å². The molecular formula is C19H24FN5O2S. The SMILES string of the molecule is C[C@@H]1Cn2ncc([S@@](N)(=O)=NCNc3c4c(c(F)c5c3CCC5)CCC4)c2O1. The predicted molar refractivity (Wildman–Crippen MR) is 104 cm³/mol. The van der Waals surface area contributed by atoms with Crippen molar-refractivity contribution in [3.63, 3.8) is 0 Å². The van der Waals surface area contributed by atoms with Gasteiger partial charge in [0.25, 0.3) is 0 Å². The van der Waals surface area contributed by atoms with Crippen LogP contribution in [0.1, 0.15) is 42.0 Å². The maximum Gasteiger partial charge on any atom is 0.231 e. The van der Waals surface area contributed by atoms with Crippen LogP contribution in [0.25, 0.3) is 0 Å². The van der Waals surface area contributed by atoms with Crippen LogP contribution in [-0.4, -0.2) is 26.8 Å². The maximum absolute atomic E-state index is 14.8. The lowest BCUT2D eigenvalue weighted by Gasteiger charge is -2.17. The first-order valence-corrected chi connectivity index (χ1v) is 11.4. The highest BCUT2D eigenvalue weighted by Crippen LogP contribution is 2.41. The zero-order chi connectivity index (χ0) is 19.5. The molecule has 1 aromatic carbocycles. The van der Waals surface area contributed by atoms with Crippen LogP contribution in [0.3, 0.4) is 0 Å². The average Bonchev–Trinajstić information content (AvgIpc) is 3.39. The van der Waals surface area contributed by atoms with Gasteiger partial charge in [0.15, 0.2) is 0 Å². The molecule has 1 aromatic heterocycles. The molecule has 0 amide bonds. The zero-order valence-electron chi connectivity index (χ0n) is 15.8. The van der Waals surface area contributed by atoms with E-state index in [1.54, 1.807) is 4.68 Å². The van der Waals surface area contributed by atoms with E-state index in [1.165, 1.54) is 6.20 Å². The Morgan fingerprint density at radius 3 is 2.61 bits per heavy atom. The summed E-state index contributed by atoms with van der Waals surface area (Å²) in [7, 11) is -3.14. The molecule has 0 unspecified atom stereocenters. The van der Waals surface area contributed by atoms with Gasteiger partial charge in [-0.1, -0.05) is 0 Å². The van der Waals surface area contributed by atoms with Gasteiger partial charge in [-0.15, -0.1) is 0 Å². The number of anilines is 1. The van der Waals surface area contributed by atoms with Crippen molar-refractivity contribution in [1.29, 1.82) is 0 Å². The highest BCUT2D eigenvalue weighted by atomic mass is 32.2. The van der Waals surface area contributed by atoms with Crippen LogP contribution in [0.5, 0.6) is 5.88 Å². The molecule has 0 fully saturated rings. The van der Waals surface area contributed by atoms with Gasteiger partial charge in [0.1, 0.15) is 33.4 Å².